The standard InChI is InChI=1S/C29H26N2O6/c1-17-11-18(2)13-19(12-17)14-22-15-24(36-3)10-7-21(22)16-25-26(32)30-29(35)31(27(25)33)23-8-5-20(6-9-23)28(34)37-4/h5-13,15-16H,14H2,1-4H3,(H,30,32,35)/b25-16+. The Kier molecular flexibility index (Phi) is 7.20. The summed E-state index contributed by atoms with van der Waals surface area (Å²) in [6, 6.07) is 16.5. The van der Waals surface area contributed by atoms with Gasteiger partial charge in [0, 0.05) is 0 Å². The van der Waals surface area contributed by atoms with Crippen LogP contribution in [0.25, 0.3) is 6.08 Å². The number of methoxy groups -OCH3 is 2. The summed E-state index contributed by atoms with van der Waals surface area (Å²) in [5, 5.41) is 2.23. The first-order valence-corrected chi connectivity index (χ1v) is 11.5. The molecule has 4 rings (SSSR count). The molecule has 1 N–H and O–H groups in total. The van der Waals surface area contributed by atoms with Crippen LogP contribution < -0.4 is 15.0 Å². The third kappa shape index (κ3) is 5.43. The Morgan fingerprint density at radius 3 is 2.22 bits per heavy atom. The lowest BCUT2D eigenvalue weighted by Crippen LogP contribution is -2.54. The van der Waals surface area contributed by atoms with Gasteiger partial charge in [-0.2, -0.15) is 0 Å². The maximum Gasteiger partial charge on any atom is 0.337 e. The fraction of sp³-hybridized carbons (Fsp3) is 0.172. The van der Waals surface area contributed by atoms with E-state index in [9.17, 15) is 19.2 Å². The molecule has 4 amide bonds. The van der Waals surface area contributed by atoms with Crippen LogP contribution >= 0.6 is 0 Å². The van der Waals surface area contributed by atoms with E-state index in [1.54, 1.807) is 19.2 Å². The Labute approximate surface area is 214 Å². The minimum Gasteiger partial charge on any atom is -0.497 e. The van der Waals surface area contributed by atoms with E-state index in [4.69, 9.17) is 4.74 Å². The zero-order valence-corrected chi connectivity index (χ0v) is 21.0. The molecule has 1 fully saturated rings. The van der Waals surface area contributed by atoms with Crippen molar-refractivity contribution in [3.05, 3.63) is 99.6 Å². The van der Waals surface area contributed by atoms with Crippen LogP contribution in [-0.4, -0.2) is 38.0 Å². The predicted molar refractivity (Wildman–Crippen MR) is 138 cm³/mol. The molecule has 0 aliphatic carbocycles. The first kappa shape index (κ1) is 25.4. The molecule has 1 heterocycles. The van der Waals surface area contributed by atoms with Crippen LogP contribution in [0.1, 0.15) is 38.2 Å². The van der Waals surface area contributed by atoms with Crippen molar-refractivity contribution in [2.75, 3.05) is 19.1 Å². The monoisotopic (exact) mass is 498 g/mol. The molecule has 8 nitrogen and oxygen atoms in total. The van der Waals surface area contributed by atoms with Gasteiger partial charge in [0.1, 0.15) is 11.3 Å². The maximum atomic E-state index is 13.4. The predicted octanol–water partition coefficient (Wildman–Crippen LogP) is 4.36. The number of urea groups is 1. The molecule has 3 aromatic carbocycles. The Morgan fingerprint density at radius 1 is 0.919 bits per heavy atom. The summed E-state index contributed by atoms with van der Waals surface area (Å²) in [5.74, 6) is -1.46. The molecule has 3 aromatic rings. The third-order valence-corrected chi connectivity index (χ3v) is 5.97. The quantitative estimate of drug-likeness (QED) is 0.308. The summed E-state index contributed by atoms with van der Waals surface area (Å²) < 4.78 is 10.1. The first-order valence-electron chi connectivity index (χ1n) is 11.5. The molecule has 1 aliphatic heterocycles. The number of carbonyl (C=O) groups excluding carboxylic acids is 4. The number of esters is 1. The Hall–Kier alpha value is -4.72. The van der Waals surface area contributed by atoms with Gasteiger partial charge in [-0.3, -0.25) is 14.9 Å². The fourth-order valence-electron chi connectivity index (χ4n) is 4.31. The summed E-state index contributed by atoms with van der Waals surface area (Å²) in [5.41, 5.74) is 5.11. The molecule has 0 aromatic heterocycles. The second-order valence-corrected chi connectivity index (χ2v) is 8.73. The van der Waals surface area contributed by atoms with E-state index in [0.29, 0.717) is 17.7 Å². The Balaban J connectivity index is 1.72. The van der Waals surface area contributed by atoms with Crippen molar-refractivity contribution >= 4 is 35.6 Å². The number of hydrogen-bond donors (Lipinski definition) is 1. The van der Waals surface area contributed by atoms with Crippen molar-refractivity contribution in [3.63, 3.8) is 0 Å². The van der Waals surface area contributed by atoms with Gasteiger partial charge in [0.2, 0.25) is 0 Å². The highest BCUT2D eigenvalue weighted by Crippen LogP contribution is 2.27. The van der Waals surface area contributed by atoms with E-state index < -0.39 is 23.8 Å². The van der Waals surface area contributed by atoms with Crippen molar-refractivity contribution in [1.29, 1.82) is 0 Å². The van der Waals surface area contributed by atoms with Gasteiger partial charge in [-0.15, -0.1) is 0 Å². The topological polar surface area (TPSA) is 102 Å². The second kappa shape index (κ2) is 10.5. The minimum atomic E-state index is -0.872. The van der Waals surface area contributed by atoms with Gasteiger partial charge >= 0.3 is 12.0 Å². The van der Waals surface area contributed by atoms with Crippen molar-refractivity contribution in [3.8, 4) is 5.75 Å². The molecule has 0 bridgehead atoms. The van der Waals surface area contributed by atoms with Gasteiger partial charge in [-0.25, -0.2) is 14.5 Å². The number of rotatable bonds is 6. The van der Waals surface area contributed by atoms with E-state index in [1.807, 2.05) is 19.9 Å². The van der Waals surface area contributed by atoms with Gasteiger partial charge in [0.25, 0.3) is 11.8 Å². The number of aryl methyl sites for hydroxylation is 2. The zero-order chi connectivity index (χ0) is 26.7. The molecule has 0 atom stereocenters. The SMILES string of the molecule is COC(=O)c1ccc(N2C(=O)NC(=O)/C(=C\c3ccc(OC)cc3Cc3cc(C)cc(C)c3)C2=O)cc1. The average Bonchev–Trinajstić information content (AvgIpc) is 2.86. The van der Waals surface area contributed by atoms with Gasteiger partial charge in [-0.1, -0.05) is 35.4 Å². The Bertz CT molecular complexity index is 1420. The maximum absolute atomic E-state index is 13.4. The van der Waals surface area contributed by atoms with E-state index in [-0.39, 0.29) is 16.8 Å². The summed E-state index contributed by atoms with van der Waals surface area (Å²) in [6.07, 6.45) is 2.03. The highest BCUT2D eigenvalue weighted by atomic mass is 16.5. The lowest BCUT2D eigenvalue weighted by Gasteiger charge is -2.26. The molecular formula is C29H26N2O6. The number of barbiturate groups is 1. The number of amides is 4. The van der Waals surface area contributed by atoms with Crippen molar-refractivity contribution in [1.82, 2.24) is 5.32 Å². The van der Waals surface area contributed by atoms with E-state index >= 15 is 0 Å². The molecule has 1 aliphatic rings. The van der Waals surface area contributed by atoms with Gasteiger partial charge in [-0.05, 0) is 79.4 Å². The smallest absolute Gasteiger partial charge is 0.337 e. The van der Waals surface area contributed by atoms with Crippen molar-refractivity contribution in [2.24, 2.45) is 0 Å². The molecule has 188 valence electrons. The van der Waals surface area contributed by atoms with Crippen LogP contribution in [0.2, 0.25) is 0 Å². The lowest BCUT2D eigenvalue weighted by atomic mass is 9.95. The number of ether oxygens (including phenoxy) is 2. The van der Waals surface area contributed by atoms with E-state index in [0.717, 1.165) is 27.2 Å². The van der Waals surface area contributed by atoms with Crippen molar-refractivity contribution in [2.45, 2.75) is 20.3 Å². The van der Waals surface area contributed by atoms with E-state index in [2.05, 4.69) is 28.3 Å². The number of nitrogens with one attached hydrogen (secondary N) is 1. The molecule has 37 heavy (non-hydrogen) atoms. The molecule has 0 unspecified atom stereocenters. The molecule has 0 spiro atoms. The van der Waals surface area contributed by atoms with Crippen LogP contribution in [0.3, 0.4) is 0 Å². The third-order valence-electron chi connectivity index (χ3n) is 5.97. The largest absolute Gasteiger partial charge is 0.497 e. The molecule has 1 saturated heterocycles. The normalized spacial score (nSPS) is 14.5. The minimum absolute atomic E-state index is 0.191. The molecular weight excluding hydrogens is 472 g/mol. The number of hydrogen-bond acceptors (Lipinski definition) is 6. The van der Waals surface area contributed by atoms with Crippen LogP contribution in [0.4, 0.5) is 10.5 Å². The van der Waals surface area contributed by atoms with Gasteiger partial charge < -0.3 is 9.47 Å². The molecule has 8 heteroatoms. The van der Waals surface area contributed by atoms with Gasteiger partial charge in [0.15, 0.2) is 0 Å². The highest BCUT2D eigenvalue weighted by Gasteiger charge is 2.37. The summed E-state index contributed by atoms with van der Waals surface area (Å²) in [6.45, 7) is 4.05. The first-order chi connectivity index (χ1) is 17.7. The zero-order valence-electron chi connectivity index (χ0n) is 21.0. The second-order valence-electron chi connectivity index (χ2n) is 8.73. The number of benzene rings is 3. The number of anilines is 1. The number of carbonyl (C=O) groups is 4. The molecule has 0 radical (unpaired) electrons. The summed E-state index contributed by atoms with van der Waals surface area (Å²) in [4.78, 5) is 51.3. The number of nitrogens with zero attached hydrogens (tertiary/aromatic N) is 1. The number of imide groups is 2. The van der Waals surface area contributed by atoms with Crippen LogP contribution in [0, 0.1) is 13.8 Å². The fourth-order valence-corrected chi connectivity index (χ4v) is 4.31. The van der Waals surface area contributed by atoms with Crippen LogP contribution in [0.5, 0.6) is 5.75 Å². The average molecular weight is 499 g/mol. The lowest BCUT2D eigenvalue weighted by molar-refractivity contribution is -0.122. The highest BCUT2D eigenvalue weighted by molar-refractivity contribution is 6.39. The molecule has 0 saturated carbocycles. The van der Waals surface area contributed by atoms with Gasteiger partial charge in [0.05, 0.1) is 25.5 Å². The Morgan fingerprint density at radius 2 is 1.59 bits per heavy atom. The van der Waals surface area contributed by atoms with Crippen LogP contribution in [0.15, 0.2) is 66.2 Å². The summed E-state index contributed by atoms with van der Waals surface area (Å²) in [7, 11) is 2.83. The summed E-state index contributed by atoms with van der Waals surface area (Å²) >= 11 is 0. The van der Waals surface area contributed by atoms with Crippen LogP contribution in [-0.2, 0) is 20.7 Å². The van der Waals surface area contributed by atoms with Crippen molar-refractivity contribution < 1.29 is 28.7 Å². The van der Waals surface area contributed by atoms with E-state index in [1.165, 1.54) is 37.5 Å².